The fraction of sp³-hybridized carbons (Fsp3) is 0.833. The number of piperidine rings is 1. The van der Waals surface area contributed by atoms with Crippen LogP contribution in [0.1, 0.15) is 26.7 Å². The standard InChI is InChI=1S/C12H20N2O2S/c1-12(2)4-3-5-13-9(12)6-14-10(15)7-17-8-11(14)16/h9,13H,3-8H2,1-2H3. The van der Waals surface area contributed by atoms with Gasteiger partial charge >= 0.3 is 0 Å². The lowest BCUT2D eigenvalue weighted by Crippen LogP contribution is -2.56. The summed E-state index contributed by atoms with van der Waals surface area (Å²) in [4.78, 5) is 24.9. The smallest absolute Gasteiger partial charge is 0.239 e. The molecule has 0 radical (unpaired) electrons. The quantitative estimate of drug-likeness (QED) is 0.745. The minimum Gasteiger partial charge on any atom is -0.312 e. The maximum Gasteiger partial charge on any atom is 0.239 e. The fourth-order valence-electron chi connectivity index (χ4n) is 2.49. The number of carbonyl (C=O) groups is 2. The molecule has 1 unspecified atom stereocenters. The second kappa shape index (κ2) is 4.98. The highest BCUT2D eigenvalue weighted by Crippen LogP contribution is 2.31. The summed E-state index contributed by atoms with van der Waals surface area (Å²) in [5, 5.41) is 3.44. The summed E-state index contributed by atoms with van der Waals surface area (Å²) >= 11 is 1.42. The van der Waals surface area contributed by atoms with Crippen LogP contribution < -0.4 is 5.32 Å². The molecule has 2 rings (SSSR count). The normalized spacial score (nSPS) is 29.5. The molecule has 0 saturated carbocycles. The third kappa shape index (κ3) is 2.83. The predicted octanol–water partition coefficient (Wildman–Crippen LogP) is 0.867. The molecule has 96 valence electrons. The van der Waals surface area contributed by atoms with E-state index < -0.39 is 0 Å². The molecule has 2 aliphatic rings. The van der Waals surface area contributed by atoms with Crippen LogP contribution >= 0.6 is 11.8 Å². The van der Waals surface area contributed by atoms with Crippen LogP contribution in [0.25, 0.3) is 0 Å². The van der Waals surface area contributed by atoms with Crippen molar-refractivity contribution < 1.29 is 9.59 Å². The lowest BCUT2D eigenvalue weighted by molar-refractivity contribution is -0.143. The van der Waals surface area contributed by atoms with E-state index >= 15 is 0 Å². The molecule has 0 aromatic carbocycles. The van der Waals surface area contributed by atoms with Crippen molar-refractivity contribution in [2.75, 3.05) is 24.6 Å². The molecule has 0 bridgehead atoms. The largest absolute Gasteiger partial charge is 0.312 e. The molecule has 17 heavy (non-hydrogen) atoms. The van der Waals surface area contributed by atoms with E-state index in [1.54, 1.807) is 0 Å². The Hall–Kier alpha value is -0.550. The molecular formula is C12H20N2O2S. The van der Waals surface area contributed by atoms with Crippen molar-refractivity contribution in [1.82, 2.24) is 10.2 Å². The Morgan fingerprint density at radius 1 is 1.35 bits per heavy atom. The minimum absolute atomic E-state index is 0.0329. The molecule has 2 fully saturated rings. The predicted molar refractivity (Wildman–Crippen MR) is 68.9 cm³/mol. The van der Waals surface area contributed by atoms with Gasteiger partial charge in [-0.15, -0.1) is 11.8 Å². The summed E-state index contributed by atoms with van der Waals surface area (Å²) in [6.45, 7) is 5.93. The van der Waals surface area contributed by atoms with Crippen LogP contribution in [0.4, 0.5) is 0 Å². The molecule has 0 spiro atoms. The Bertz CT molecular complexity index is 314. The van der Waals surface area contributed by atoms with Crippen LogP contribution in [0.5, 0.6) is 0 Å². The first-order chi connectivity index (χ1) is 8.00. The highest BCUT2D eigenvalue weighted by molar-refractivity contribution is 8.00. The molecule has 0 aromatic heterocycles. The molecule has 2 saturated heterocycles. The van der Waals surface area contributed by atoms with E-state index in [2.05, 4.69) is 19.2 Å². The molecule has 2 amide bonds. The van der Waals surface area contributed by atoms with Gasteiger partial charge in [-0.3, -0.25) is 14.5 Å². The van der Waals surface area contributed by atoms with E-state index in [4.69, 9.17) is 0 Å². The summed E-state index contributed by atoms with van der Waals surface area (Å²) in [7, 11) is 0. The third-order valence-corrected chi connectivity index (χ3v) is 4.65. The van der Waals surface area contributed by atoms with Crippen LogP contribution in [0.2, 0.25) is 0 Å². The van der Waals surface area contributed by atoms with Crippen molar-refractivity contribution in [3.05, 3.63) is 0 Å². The van der Waals surface area contributed by atoms with Gasteiger partial charge in [-0.25, -0.2) is 0 Å². The zero-order valence-corrected chi connectivity index (χ0v) is 11.3. The molecule has 4 nitrogen and oxygen atoms in total. The zero-order chi connectivity index (χ0) is 12.5. The van der Waals surface area contributed by atoms with Gasteiger partial charge in [-0.2, -0.15) is 0 Å². The van der Waals surface area contributed by atoms with Crippen LogP contribution in [0, 0.1) is 5.41 Å². The summed E-state index contributed by atoms with van der Waals surface area (Å²) in [5.41, 5.74) is 0.156. The van der Waals surface area contributed by atoms with Gasteiger partial charge in [-0.05, 0) is 24.8 Å². The van der Waals surface area contributed by atoms with E-state index in [0.29, 0.717) is 18.1 Å². The van der Waals surface area contributed by atoms with Crippen LogP contribution in [-0.2, 0) is 9.59 Å². The first-order valence-electron chi connectivity index (χ1n) is 6.15. The van der Waals surface area contributed by atoms with Crippen molar-refractivity contribution in [3.8, 4) is 0 Å². The first kappa shape index (κ1) is 12.9. The molecular weight excluding hydrogens is 236 g/mol. The van der Waals surface area contributed by atoms with Gasteiger partial charge in [0.25, 0.3) is 0 Å². The number of rotatable bonds is 2. The Kier molecular flexibility index (Phi) is 3.78. The highest BCUT2D eigenvalue weighted by atomic mass is 32.2. The SMILES string of the molecule is CC1(C)CCCNC1CN1C(=O)CSCC1=O. The Balaban J connectivity index is 2.03. The number of hydrogen-bond donors (Lipinski definition) is 1. The topological polar surface area (TPSA) is 49.4 Å². The van der Waals surface area contributed by atoms with Crippen molar-refractivity contribution in [2.45, 2.75) is 32.7 Å². The number of hydrogen-bond acceptors (Lipinski definition) is 4. The molecule has 1 N–H and O–H groups in total. The maximum atomic E-state index is 11.7. The van der Waals surface area contributed by atoms with E-state index in [1.807, 2.05) is 0 Å². The van der Waals surface area contributed by atoms with Gasteiger partial charge in [-0.1, -0.05) is 13.8 Å². The second-order valence-electron chi connectivity index (χ2n) is 5.49. The second-order valence-corrected chi connectivity index (χ2v) is 6.48. The molecule has 2 heterocycles. The van der Waals surface area contributed by atoms with Gasteiger partial charge in [0.2, 0.25) is 11.8 Å². The Morgan fingerprint density at radius 2 is 2.00 bits per heavy atom. The van der Waals surface area contributed by atoms with Gasteiger partial charge < -0.3 is 5.32 Å². The summed E-state index contributed by atoms with van der Waals surface area (Å²) in [6.07, 6.45) is 2.32. The molecule has 5 heteroatoms. The minimum atomic E-state index is -0.0329. The van der Waals surface area contributed by atoms with E-state index in [1.165, 1.54) is 23.1 Å². The lowest BCUT2D eigenvalue weighted by atomic mass is 9.77. The summed E-state index contributed by atoms with van der Waals surface area (Å²) in [5.74, 6) is 0.821. The van der Waals surface area contributed by atoms with Gasteiger partial charge in [0.15, 0.2) is 0 Å². The summed E-state index contributed by atoms with van der Waals surface area (Å²) < 4.78 is 0. The number of carbonyl (C=O) groups excluding carboxylic acids is 2. The van der Waals surface area contributed by atoms with E-state index in [9.17, 15) is 9.59 Å². The maximum absolute atomic E-state index is 11.7. The van der Waals surface area contributed by atoms with Crippen LogP contribution in [0.15, 0.2) is 0 Å². The number of amides is 2. The fourth-order valence-corrected chi connectivity index (χ4v) is 3.25. The first-order valence-corrected chi connectivity index (χ1v) is 7.30. The third-order valence-electron chi connectivity index (χ3n) is 3.75. The van der Waals surface area contributed by atoms with Gasteiger partial charge in [0, 0.05) is 12.6 Å². The van der Waals surface area contributed by atoms with Gasteiger partial charge in [0.1, 0.15) is 0 Å². The van der Waals surface area contributed by atoms with Crippen LogP contribution in [0.3, 0.4) is 0 Å². The van der Waals surface area contributed by atoms with E-state index in [-0.39, 0.29) is 23.3 Å². The number of nitrogens with zero attached hydrogens (tertiary/aromatic N) is 1. The lowest BCUT2D eigenvalue weighted by Gasteiger charge is -2.42. The van der Waals surface area contributed by atoms with Gasteiger partial charge in [0.05, 0.1) is 11.5 Å². The molecule has 0 aromatic rings. The van der Waals surface area contributed by atoms with Crippen molar-refractivity contribution >= 4 is 23.6 Å². The van der Waals surface area contributed by atoms with Crippen molar-refractivity contribution in [2.24, 2.45) is 5.41 Å². The van der Waals surface area contributed by atoms with Crippen molar-refractivity contribution in [1.29, 1.82) is 0 Å². The zero-order valence-electron chi connectivity index (χ0n) is 10.5. The number of nitrogens with one attached hydrogen (secondary N) is 1. The highest BCUT2D eigenvalue weighted by Gasteiger charge is 2.36. The monoisotopic (exact) mass is 256 g/mol. The van der Waals surface area contributed by atoms with Crippen molar-refractivity contribution in [3.63, 3.8) is 0 Å². The molecule has 2 aliphatic heterocycles. The average Bonchev–Trinajstić information content (AvgIpc) is 2.25. The van der Waals surface area contributed by atoms with Crippen LogP contribution in [-0.4, -0.2) is 47.4 Å². The average molecular weight is 256 g/mol. The Morgan fingerprint density at radius 3 is 2.59 bits per heavy atom. The molecule has 1 atom stereocenters. The number of imide groups is 1. The summed E-state index contributed by atoms with van der Waals surface area (Å²) in [6, 6.07) is 0.229. The Labute approximate surface area is 106 Å². The number of thioether (sulfide) groups is 1. The molecule has 0 aliphatic carbocycles. The van der Waals surface area contributed by atoms with E-state index in [0.717, 1.165) is 13.0 Å².